The summed E-state index contributed by atoms with van der Waals surface area (Å²) in [5, 5.41) is 9.19. The summed E-state index contributed by atoms with van der Waals surface area (Å²) in [5.41, 5.74) is 5.53. The molecule has 0 amide bonds. The second-order valence-corrected chi connectivity index (χ2v) is 6.84. The average Bonchev–Trinajstić information content (AvgIpc) is 3.24. The van der Waals surface area contributed by atoms with Crippen molar-refractivity contribution in [2.45, 2.75) is 31.3 Å². The van der Waals surface area contributed by atoms with Crippen molar-refractivity contribution in [3.63, 3.8) is 0 Å². The van der Waals surface area contributed by atoms with E-state index in [0.717, 1.165) is 34.4 Å². The second-order valence-electron chi connectivity index (χ2n) is 5.90. The lowest BCUT2D eigenvalue weighted by Gasteiger charge is -2.06. The molecular formula is C19H19N5S. The zero-order valence-electron chi connectivity index (χ0n) is 14.3. The second kappa shape index (κ2) is 6.72. The molecule has 0 N–H and O–H groups in total. The Labute approximate surface area is 150 Å². The van der Waals surface area contributed by atoms with Crippen LogP contribution in [0, 0.1) is 6.92 Å². The third kappa shape index (κ3) is 3.05. The van der Waals surface area contributed by atoms with Gasteiger partial charge in [0.2, 0.25) is 0 Å². The molecule has 0 aliphatic heterocycles. The number of benzene rings is 1. The van der Waals surface area contributed by atoms with Gasteiger partial charge in [0.15, 0.2) is 5.16 Å². The number of thioether (sulfide) groups is 1. The van der Waals surface area contributed by atoms with E-state index in [4.69, 9.17) is 4.98 Å². The first-order chi connectivity index (χ1) is 12.3. The highest BCUT2D eigenvalue weighted by atomic mass is 32.2. The molecule has 3 heterocycles. The topological polar surface area (TPSA) is 48.0 Å². The predicted octanol–water partition coefficient (Wildman–Crippen LogP) is 4.21. The smallest absolute Gasteiger partial charge is 0.191 e. The third-order valence-corrected chi connectivity index (χ3v) is 5.16. The molecule has 25 heavy (non-hydrogen) atoms. The van der Waals surface area contributed by atoms with Gasteiger partial charge < -0.3 is 8.97 Å². The SMILES string of the molecule is CCn1cnnc1SCc1c(-c2ccccc2)nc2ccc(C)cn12. The minimum atomic E-state index is 0.785. The van der Waals surface area contributed by atoms with Gasteiger partial charge in [-0.15, -0.1) is 10.2 Å². The maximum atomic E-state index is 4.87. The van der Waals surface area contributed by atoms with E-state index in [1.165, 1.54) is 11.3 Å². The van der Waals surface area contributed by atoms with Gasteiger partial charge >= 0.3 is 0 Å². The maximum absolute atomic E-state index is 4.87. The number of fused-ring (bicyclic) bond motifs is 1. The molecule has 0 aliphatic rings. The Morgan fingerprint density at radius 2 is 1.92 bits per heavy atom. The molecule has 0 fully saturated rings. The largest absolute Gasteiger partial charge is 0.309 e. The number of pyridine rings is 1. The van der Waals surface area contributed by atoms with Crippen LogP contribution < -0.4 is 0 Å². The zero-order chi connectivity index (χ0) is 17.2. The molecule has 0 saturated heterocycles. The summed E-state index contributed by atoms with van der Waals surface area (Å²) in [6.45, 7) is 5.07. The zero-order valence-corrected chi connectivity index (χ0v) is 15.1. The molecule has 4 aromatic rings. The number of rotatable bonds is 5. The highest BCUT2D eigenvalue weighted by Crippen LogP contribution is 2.30. The quantitative estimate of drug-likeness (QED) is 0.506. The van der Waals surface area contributed by atoms with Gasteiger partial charge in [0.1, 0.15) is 12.0 Å². The van der Waals surface area contributed by atoms with Crippen molar-refractivity contribution in [3.8, 4) is 11.3 Å². The summed E-state index contributed by atoms with van der Waals surface area (Å²) in [6, 6.07) is 14.5. The molecule has 0 aliphatic carbocycles. The lowest BCUT2D eigenvalue weighted by Crippen LogP contribution is -1.97. The highest BCUT2D eigenvalue weighted by molar-refractivity contribution is 7.98. The predicted molar refractivity (Wildman–Crippen MR) is 101 cm³/mol. The van der Waals surface area contributed by atoms with E-state index in [0.29, 0.717) is 0 Å². The first kappa shape index (κ1) is 15.9. The number of imidazole rings is 1. The highest BCUT2D eigenvalue weighted by Gasteiger charge is 2.15. The van der Waals surface area contributed by atoms with Crippen LogP contribution in [0.1, 0.15) is 18.2 Å². The number of hydrogen-bond donors (Lipinski definition) is 0. The van der Waals surface area contributed by atoms with Crippen molar-refractivity contribution in [1.82, 2.24) is 24.1 Å². The minimum Gasteiger partial charge on any atom is -0.309 e. The molecule has 1 aromatic carbocycles. The molecular weight excluding hydrogens is 330 g/mol. The van der Waals surface area contributed by atoms with Gasteiger partial charge in [-0.2, -0.15) is 0 Å². The van der Waals surface area contributed by atoms with Crippen LogP contribution in [0.2, 0.25) is 0 Å². The Bertz CT molecular complexity index is 1000. The number of aromatic nitrogens is 5. The van der Waals surface area contributed by atoms with Crippen molar-refractivity contribution in [2.24, 2.45) is 0 Å². The van der Waals surface area contributed by atoms with Gasteiger partial charge in [0, 0.05) is 24.1 Å². The maximum Gasteiger partial charge on any atom is 0.191 e. The van der Waals surface area contributed by atoms with Crippen LogP contribution in [0.5, 0.6) is 0 Å². The molecule has 0 saturated carbocycles. The molecule has 126 valence electrons. The molecule has 6 heteroatoms. The first-order valence-electron chi connectivity index (χ1n) is 8.30. The summed E-state index contributed by atoms with van der Waals surface area (Å²) in [7, 11) is 0. The van der Waals surface area contributed by atoms with Crippen LogP contribution in [0.4, 0.5) is 0 Å². The first-order valence-corrected chi connectivity index (χ1v) is 9.28. The summed E-state index contributed by atoms with van der Waals surface area (Å²) in [4.78, 5) is 4.87. The van der Waals surface area contributed by atoms with E-state index < -0.39 is 0 Å². The van der Waals surface area contributed by atoms with E-state index in [2.05, 4.69) is 75.6 Å². The van der Waals surface area contributed by atoms with Crippen molar-refractivity contribution in [2.75, 3.05) is 0 Å². The Kier molecular flexibility index (Phi) is 4.28. The van der Waals surface area contributed by atoms with E-state index >= 15 is 0 Å². The lowest BCUT2D eigenvalue weighted by molar-refractivity contribution is 0.681. The average molecular weight is 349 g/mol. The van der Waals surface area contributed by atoms with Crippen LogP contribution in [-0.2, 0) is 12.3 Å². The van der Waals surface area contributed by atoms with Crippen LogP contribution >= 0.6 is 11.8 Å². The lowest BCUT2D eigenvalue weighted by atomic mass is 10.1. The fourth-order valence-corrected chi connectivity index (χ4v) is 3.86. The Morgan fingerprint density at radius 3 is 2.72 bits per heavy atom. The van der Waals surface area contributed by atoms with Gasteiger partial charge in [0.25, 0.3) is 0 Å². The van der Waals surface area contributed by atoms with Crippen molar-refractivity contribution in [1.29, 1.82) is 0 Å². The van der Waals surface area contributed by atoms with E-state index in [9.17, 15) is 0 Å². The summed E-state index contributed by atoms with van der Waals surface area (Å²) >= 11 is 1.69. The van der Waals surface area contributed by atoms with Crippen LogP contribution in [0.15, 0.2) is 60.1 Å². The van der Waals surface area contributed by atoms with Gasteiger partial charge in [-0.05, 0) is 25.5 Å². The summed E-state index contributed by atoms with van der Waals surface area (Å²) in [5.74, 6) is 0.785. The molecule has 3 aromatic heterocycles. The van der Waals surface area contributed by atoms with Crippen molar-refractivity contribution >= 4 is 17.4 Å². The van der Waals surface area contributed by atoms with Crippen LogP contribution in [-0.4, -0.2) is 24.1 Å². The van der Waals surface area contributed by atoms with E-state index in [1.54, 1.807) is 18.1 Å². The molecule has 0 bridgehead atoms. The van der Waals surface area contributed by atoms with Crippen molar-refractivity contribution < 1.29 is 0 Å². The molecule has 5 nitrogen and oxygen atoms in total. The summed E-state index contributed by atoms with van der Waals surface area (Å²) < 4.78 is 4.25. The fourth-order valence-electron chi connectivity index (χ4n) is 2.87. The molecule has 0 unspecified atom stereocenters. The van der Waals surface area contributed by atoms with Crippen LogP contribution in [0.25, 0.3) is 16.9 Å². The van der Waals surface area contributed by atoms with Gasteiger partial charge in [-0.1, -0.05) is 48.2 Å². The van der Waals surface area contributed by atoms with Gasteiger partial charge in [-0.3, -0.25) is 0 Å². The Hall–Kier alpha value is -2.60. The Morgan fingerprint density at radius 1 is 1.08 bits per heavy atom. The fraction of sp³-hybridized carbons (Fsp3) is 0.211. The number of aryl methyl sites for hydroxylation is 2. The normalized spacial score (nSPS) is 11.3. The number of hydrogen-bond acceptors (Lipinski definition) is 4. The number of nitrogens with zero attached hydrogens (tertiary/aromatic N) is 5. The summed E-state index contributed by atoms with van der Waals surface area (Å²) in [6.07, 6.45) is 3.92. The van der Waals surface area contributed by atoms with E-state index in [1.807, 2.05) is 6.07 Å². The standard InChI is InChI=1S/C19H19N5S/c1-3-23-13-20-22-19(23)25-12-16-18(15-7-5-4-6-8-15)21-17-10-9-14(2)11-24(16)17/h4-11,13H,3,12H2,1-2H3. The molecule has 0 radical (unpaired) electrons. The molecule has 4 rings (SSSR count). The van der Waals surface area contributed by atoms with Gasteiger partial charge in [0.05, 0.1) is 11.4 Å². The molecule has 0 spiro atoms. The Balaban J connectivity index is 1.78. The molecule has 0 atom stereocenters. The monoisotopic (exact) mass is 349 g/mol. The van der Waals surface area contributed by atoms with Crippen LogP contribution in [0.3, 0.4) is 0 Å². The minimum absolute atomic E-state index is 0.785. The van der Waals surface area contributed by atoms with Crippen molar-refractivity contribution in [3.05, 3.63) is 66.2 Å². The third-order valence-electron chi connectivity index (χ3n) is 4.17. The van der Waals surface area contributed by atoms with E-state index in [-0.39, 0.29) is 0 Å². The van der Waals surface area contributed by atoms with Gasteiger partial charge in [-0.25, -0.2) is 4.98 Å².